The van der Waals surface area contributed by atoms with E-state index in [0.29, 0.717) is 13.2 Å². The molecule has 1 amide bonds. The normalized spacial score (nSPS) is 13.5. The van der Waals surface area contributed by atoms with E-state index in [9.17, 15) is 4.79 Å². The molecule has 4 rings (SSSR count). The molecule has 1 aliphatic rings. The minimum Gasteiger partial charge on any atom is -0.497 e. The van der Waals surface area contributed by atoms with Crippen molar-refractivity contribution in [3.8, 4) is 17.2 Å². The van der Waals surface area contributed by atoms with Crippen molar-refractivity contribution in [2.45, 2.75) is 10.9 Å². The van der Waals surface area contributed by atoms with E-state index in [1.54, 1.807) is 13.3 Å². The summed E-state index contributed by atoms with van der Waals surface area (Å²) in [5, 5.41) is 3.11. The van der Waals surface area contributed by atoms with Gasteiger partial charge in [0, 0.05) is 24.3 Å². The van der Waals surface area contributed by atoms with Gasteiger partial charge in [-0.05, 0) is 35.9 Å². The number of hydrogen-bond acceptors (Lipinski definition) is 6. The summed E-state index contributed by atoms with van der Waals surface area (Å²) in [5.41, 5.74) is 0.933. The molecule has 1 N–H and O–H groups in total. The van der Waals surface area contributed by atoms with Gasteiger partial charge in [0.25, 0.3) is 0 Å². The Morgan fingerprint density at radius 1 is 1.20 bits per heavy atom. The molecule has 0 spiro atoms. The predicted molar refractivity (Wildman–Crippen MR) is 114 cm³/mol. The van der Waals surface area contributed by atoms with Crippen LogP contribution in [-0.2, 0) is 11.8 Å². The summed E-state index contributed by atoms with van der Waals surface area (Å²) in [6, 6.07) is 13.0. The van der Waals surface area contributed by atoms with Gasteiger partial charge in [-0.1, -0.05) is 12.1 Å². The number of thioether (sulfide) groups is 1. The molecule has 1 atom stereocenters. The molecule has 8 heteroatoms. The molecular weight excluding hydrogens is 402 g/mol. The van der Waals surface area contributed by atoms with Crippen LogP contribution in [0.15, 0.2) is 59.8 Å². The number of fused-ring (bicyclic) bond motifs is 1. The molecule has 156 valence electrons. The van der Waals surface area contributed by atoms with Crippen molar-refractivity contribution in [2.24, 2.45) is 7.05 Å². The lowest BCUT2D eigenvalue weighted by atomic mass is 10.1. The fourth-order valence-corrected chi connectivity index (χ4v) is 3.95. The van der Waals surface area contributed by atoms with E-state index in [-0.39, 0.29) is 17.7 Å². The van der Waals surface area contributed by atoms with Crippen molar-refractivity contribution in [3.63, 3.8) is 0 Å². The fraction of sp³-hybridized carbons (Fsp3) is 0.273. The zero-order chi connectivity index (χ0) is 20.9. The molecule has 0 bridgehead atoms. The second-order valence-electron chi connectivity index (χ2n) is 6.76. The van der Waals surface area contributed by atoms with Crippen molar-refractivity contribution >= 4 is 17.7 Å². The lowest BCUT2D eigenvalue weighted by Crippen LogP contribution is -2.32. The Bertz CT molecular complexity index is 1020. The number of nitrogens with zero attached hydrogens (tertiary/aromatic N) is 2. The number of nitrogens with one attached hydrogen (secondary N) is 1. The minimum atomic E-state index is -0.357. The maximum absolute atomic E-state index is 12.8. The third-order valence-corrected chi connectivity index (χ3v) is 5.75. The first-order valence-corrected chi connectivity index (χ1v) is 10.6. The van der Waals surface area contributed by atoms with Gasteiger partial charge >= 0.3 is 0 Å². The maximum atomic E-state index is 12.8. The van der Waals surface area contributed by atoms with Gasteiger partial charge in [0.15, 0.2) is 11.5 Å². The van der Waals surface area contributed by atoms with Gasteiger partial charge in [-0.25, -0.2) is 4.98 Å². The third kappa shape index (κ3) is 4.54. The number of benzene rings is 2. The van der Waals surface area contributed by atoms with Crippen LogP contribution in [-0.4, -0.2) is 41.5 Å². The van der Waals surface area contributed by atoms with Gasteiger partial charge in [0.1, 0.15) is 30.8 Å². The average Bonchev–Trinajstić information content (AvgIpc) is 3.21. The summed E-state index contributed by atoms with van der Waals surface area (Å²) in [5.74, 6) is 3.17. The summed E-state index contributed by atoms with van der Waals surface area (Å²) in [7, 11) is 3.54. The topological polar surface area (TPSA) is 74.6 Å². The van der Waals surface area contributed by atoms with Gasteiger partial charge in [0.05, 0.1) is 12.9 Å². The molecule has 0 saturated carbocycles. The monoisotopic (exact) mass is 425 g/mol. The van der Waals surface area contributed by atoms with Crippen LogP contribution in [0.4, 0.5) is 0 Å². The minimum absolute atomic E-state index is 0.0845. The highest BCUT2D eigenvalue weighted by Crippen LogP contribution is 2.34. The molecule has 1 aromatic heterocycles. The van der Waals surface area contributed by atoms with Crippen molar-refractivity contribution in [1.29, 1.82) is 0 Å². The first-order valence-electron chi connectivity index (χ1n) is 9.57. The van der Waals surface area contributed by atoms with E-state index in [4.69, 9.17) is 14.2 Å². The number of hydrogen-bond donors (Lipinski definition) is 1. The Kier molecular flexibility index (Phi) is 6.13. The lowest BCUT2D eigenvalue weighted by molar-refractivity contribution is -0.119. The number of aromatic nitrogens is 2. The SMILES string of the molecule is COc1ccc([C@H](NC(=O)CSc2ccc3c(c2)OCCO3)c2nccn2C)cc1. The quantitative estimate of drug-likeness (QED) is 0.586. The Balaban J connectivity index is 1.46. The summed E-state index contributed by atoms with van der Waals surface area (Å²) >= 11 is 1.45. The zero-order valence-corrected chi connectivity index (χ0v) is 17.6. The number of aryl methyl sites for hydroxylation is 1. The van der Waals surface area contributed by atoms with E-state index >= 15 is 0 Å². The highest BCUT2D eigenvalue weighted by molar-refractivity contribution is 8.00. The highest BCUT2D eigenvalue weighted by atomic mass is 32.2. The summed E-state index contributed by atoms with van der Waals surface area (Å²) in [6.07, 6.45) is 3.59. The first-order chi connectivity index (χ1) is 14.6. The number of methoxy groups -OCH3 is 1. The van der Waals surface area contributed by atoms with Crippen molar-refractivity contribution in [3.05, 3.63) is 66.2 Å². The van der Waals surface area contributed by atoms with E-state index in [0.717, 1.165) is 33.5 Å². The van der Waals surface area contributed by atoms with E-state index in [2.05, 4.69) is 10.3 Å². The van der Waals surface area contributed by atoms with Crippen LogP contribution in [0.2, 0.25) is 0 Å². The third-order valence-electron chi connectivity index (χ3n) is 4.75. The number of carbonyl (C=O) groups is 1. The van der Waals surface area contributed by atoms with Crippen LogP contribution in [0.1, 0.15) is 17.4 Å². The first kappa shape index (κ1) is 20.2. The molecule has 0 radical (unpaired) electrons. The molecule has 0 unspecified atom stereocenters. The highest BCUT2D eigenvalue weighted by Gasteiger charge is 2.21. The predicted octanol–water partition coefficient (Wildman–Crippen LogP) is 3.20. The Hall–Kier alpha value is -3.13. The van der Waals surface area contributed by atoms with Gasteiger partial charge < -0.3 is 24.1 Å². The Labute approximate surface area is 179 Å². The summed E-state index contributed by atoms with van der Waals surface area (Å²) in [6.45, 7) is 1.09. The number of carbonyl (C=O) groups excluding carboxylic acids is 1. The molecule has 1 aliphatic heterocycles. The number of rotatable bonds is 7. The van der Waals surface area contributed by atoms with Crippen LogP contribution in [0.3, 0.4) is 0 Å². The van der Waals surface area contributed by atoms with E-state index in [1.807, 2.05) is 60.3 Å². The molecule has 2 aromatic carbocycles. The Morgan fingerprint density at radius 2 is 1.97 bits per heavy atom. The Morgan fingerprint density at radius 3 is 2.67 bits per heavy atom. The maximum Gasteiger partial charge on any atom is 0.231 e. The van der Waals surface area contributed by atoms with Crippen LogP contribution in [0.25, 0.3) is 0 Å². The van der Waals surface area contributed by atoms with Crippen LogP contribution in [0.5, 0.6) is 17.2 Å². The molecule has 0 saturated heterocycles. The number of amides is 1. The summed E-state index contributed by atoms with van der Waals surface area (Å²) < 4.78 is 18.3. The lowest BCUT2D eigenvalue weighted by Gasteiger charge is -2.20. The van der Waals surface area contributed by atoms with E-state index < -0.39 is 0 Å². The summed E-state index contributed by atoms with van der Waals surface area (Å²) in [4.78, 5) is 18.2. The van der Waals surface area contributed by atoms with Gasteiger partial charge in [-0.15, -0.1) is 11.8 Å². The molecule has 0 fully saturated rings. The molecular formula is C22H23N3O4S. The molecule has 30 heavy (non-hydrogen) atoms. The zero-order valence-electron chi connectivity index (χ0n) is 16.8. The number of ether oxygens (including phenoxy) is 3. The van der Waals surface area contributed by atoms with Gasteiger partial charge in [0.2, 0.25) is 5.91 Å². The standard InChI is InChI=1S/C22H23N3O4S/c1-25-10-9-23-22(25)21(15-3-5-16(27-2)6-4-15)24-20(26)14-30-17-7-8-18-19(13-17)29-12-11-28-18/h3-10,13,21H,11-12,14H2,1-2H3,(H,24,26)/t21-/m0/s1. The van der Waals surface area contributed by atoms with Crippen molar-refractivity contribution in [2.75, 3.05) is 26.1 Å². The van der Waals surface area contributed by atoms with Crippen LogP contribution >= 0.6 is 11.8 Å². The molecule has 3 aromatic rings. The van der Waals surface area contributed by atoms with Crippen molar-refractivity contribution in [1.82, 2.24) is 14.9 Å². The van der Waals surface area contributed by atoms with Crippen LogP contribution < -0.4 is 19.5 Å². The molecule has 2 heterocycles. The average molecular weight is 426 g/mol. The van der Waals surface area contributed by atoms with Crippen LogP contribution in [0, 0.1) is 0 Å². The van der Waals surface area contributed by atoms with E-state index in [1.165, 1.54) is 11.8 Å². The largest absolute Gasteiger partial charge is 0.497 e. The van der Waals surface area contributed by atoms with Crippen molar-refractivity contribution < 1.29 is 19.0 Å². The second kappa shape index (κ2) is 9.13. The van der Waals surface area contributed by atoms with Gasteiger partial charge in [-0.3, -0.25) is 4.79 Å². The molecule has 7 nitrogen and oxygen atoms in total. The molecule has 0 aliphatic carbocycles. The second-order valence-corrected chi connectivity index (χ2v) is 7.81. The fourth-order valence-electron chi connectivity index (χ4n) is 3.21. The van der Waals surface area contributed by atoms with Gasteiger partial charge in [-0.2, -0.15) is 0 Å². The smallest absolute Gasteiger partial charge is 0.231 e. The number of imidazole rings is 1.